The van der Waals surface area contributed by atoms with Gasteiger partial charge in [-0.05, 0) is 0 Å². The number of guanidine groups is 1. The first-order valence-corrected chi connectivity index (χ1v) is 7.19. The number of hydrogen-bond donors (Lipinski definition) is 1. The molecule has 0 aliphatic carbocycles. The normalized spacial score (nSPS) is 16.4. The Morgan fingerprint density at radius 2 is 2.11 bits per heavy atom. The van der Waals surface area contributed by atoms with Crippen molar-refractivity contribution in [2.45, 2.75) is 6.54 Å². The summed E-state index contributed by atoms with van der Waals surface area (Å²) in [6.45, 7) is 2.01. The van der Waals surface area contributed by atoms with Crippen LogP contribution in [0.1, 0.15) is 5.56 Å². The number of para-hydroxylation sites is 1. The SMILES string of the molecule is NC(=NCc1ccccc1[N+](=O)[O-])N1CCSCC1. The number of nitrogens with two attached hydrogens (primary N) is 1. The molecule has 2 N–H and O–H groups in total. The zero-order valence-electron chi connectivity index (χ0n) is 10.5. The number of nitro benzene ring substituents is 1. The van der Waals surface area contributed by atoms with Crippen LogP contribution in [0.3, 0.4) is 0 Å². The fourth-order valence-electron chi connectivity index (χ4n) is 1.88. The topological polar surface area (TPSA) is 84.8 Å². The van der Waals surface area contributed by atoms with Gasteiger partial charge in [0.05, 0.1) is 17.0 Å². The van der Waals surface area contributed by atoms with Crippen LogP contribution in [0.25, 0.3) is 0 Å². The van der Waals surface area contributed by atoms with E-state index in [2.05, 4.69) is 4.99 Å². The molecule has 1 aliphatic rings. The molecule has 7 heteroatoms. The molecule has 1 saturated heterocycles. The number of nitro groups is 1. The van der Waals surface area contributed by atoms with Gasteiger partial charge < -0.3 is 10.6 Å². The molecule has 0 aromatic heterocycles. The smallest absolute Gasteiger partial charge is 0.274 e. The second kappa shape index (κ2) is 6.42. The van der Waals surface area contributed by atoms with Gasteiger partial charge in [0.15, 0.2) is 5.96 Å². The summed E-state index contributed by atoms with van der Waals surface area (Å²) in [4.78, 5) is 16.8. The average Bonchev–Trinajstić information content (AvgIpc) is 2.46. The molecule has 1 heterocycles. The Labute approximate surface area is 115 Å². The quantitative estimate of drug-likeness (QED) is 0.392. The Balaban J connectivity index is 2.06. The molecule has 0 amide bonds. The van der Waals surface area contributed by atoms with Crippen LogP contribution < -0.4 is 5.73 Å². The minimum atomic E-state index is -0.390. The van der Waals surface area contributed by atoms with E-state index in [4.69, 9.17) is 5.73 Å². The summed E-state index contributed by atoms with van der Waals surface area (Å²) in [7, 11) is 0. The summed E-state index contributed by atoms with van der Waals surface area (Å²) in [5.74, 6) is 2.56. The number of aliphatic imine (C=N–C) groups is 1. The van der Waals surface area contributed by atoms with Gasteiger partial charge in [-0.2, -0.15) is 11.8 Å². The summed E-state index contributed by atoms with van der Waals surface area (Å²) in [5.41, 5.74) is 6.60. The van der Waals surface area contributed by atoms with Gasteiger partial charge >= 0.3 is 0 Å². The van der Waals surface area contributed by atoms with Crippen LogP contribution in [-0.2, 0) is 6.54 Å². The predicted octanol–water partition coefficient (Wildman–Crippen LogP) is 1.46. The van der Waals surface area contributed by atoms with Crippen LogP contribution in [0, 0.1) is 10.1 Å². The second-order valence-corrected chi connectivity index (χ2v) is 5.38. The van der Waals surface area contributed by atoms with Crippen molar-refractivity contribution in [3.63, 3.8) is 0 Å². The van der Waals surface area contributed by atoms with Crippen molar-refractivity contribution in [1.82, 2.24) is 4.90 Å². The minimum Gasteiger partial charge on any atom is -0.370 e. The van der Waals surface area contributed by atoms with Gasteiger partial charge in [0.2, 0.25) is 0 Å². The zero-order valence-corrected chi connectivity index (χ0v) is 11.3. The Hall–Kier alpha value is -1.76. The fraction of sp³-hybridized carbons (Fsp3) is 0.417. The highest BCUT2D eigenvalue weighted by molar-refractivity contribution is 7.99. The summed E-state index contributed by atoms with van der Waals surface area (Å²) < 4.78 is 0. The molecule has 2 rings (SSSR count). The molecule has 0 bridgehead atoms. The first-order chi connectivity index (χ1) is 9.18. The van der Waals surface area contributed by atoms with Gasteiger partial charge in [-0.25, -0.2) is 4.99 Å². The lowest BCUT2D eigenvalue weighted by Gasteiger charge is -2.27. The number of thioether (sulfide) groups is 1. The van der Waals surface area contributed by atoms with Gasteiger partial charge in [0.25, 0.3) is 5.69 Å². The second-order valence-electron chi connectivity index (χ2n) is 4.16. The standard InChI is InChI=1S/C12H16N4O2S/c13-12(15-5-7-19-8-6-15)14-9-10-3-1-2-4-11(10)16(17)18/h1-4H,5-9H2,(H2,13,14). The molecule has 1 fully saturated rings. The van der Waals surface area contributed by atoms with E-state index in [9.17, 15) is 10.1 Å². The lowest BCUT2D eigenvalue weighted by molar-refractivity contribution is -0.385. The van der Waals surface area contributed by atoms with E-state index in [1.807, 2.05) is 16.7 Å². The molecule has 0 saturated carbocycles. The maximum atomic E-state index is 10.9. The molecule has 1 aliphatic heterocycles. The number of hydrogen-bond acceptors (Lipinski definition) is 4. The third-order valence-corrected chi connectivity index (χ3v) is 3.88. The van der Waals surface area contributed by atoms with Crippen LogP contribution >= 0.6 is 11.8 Å². The van der Waals surface area contributed by atoms with E-state index in [1.54, 1.807) is 18.2 Å². The Morgan fingerprint density at radius 3 is 2.79 bits per heavy atom. The van der Waals surface area contributed by atoms with Crippen molar-refractivity contribution in [3.8, 4) is 0 Å². The molecular formula is C12H16N4O2S. The number of rotatable bonds is 3. The largest absolute Gasteiger partial charge is 0.370 e. The van der Waals surface area contributed by atoms with Crippen LogP contribution in [-0.4, -0.2) is 40.4 Å². The Kier molecular flexibility index (Phi) is 4.62. The van der Waals surface area contributed by atoms with Crippen molar-refractivity contribution in [2.75, 3.05) is 24.6 Å². The monoisotopic (exact) mass is 280 g/mol. The van der Waals surface area contributed by atoms with Gasteiger partial charge in [-0.15, -0.1) is 0 Å². The van der Waals surface area contributed by atoms with Crippen molar-refractivity contribution in [1.29, 1.82) is 0 Å². The maximum Gasteiger partial charge on any atom is 0.274 e. The van der Waals surface area contributed by atoms with Crippen LogP contribution in [0.4, 0.5) is 5.69 Å². The van der Waals surface area contributed by atoms with Crippen LogP contribution in [0.15, 0.2) is 29.3 Å². The number of nitrogens with zero attached hydrogens (tertiary/aromatic N) is 3. The highest BCUT2D eigenvalue weighted by Crippen LogP contribution is 2.18. The van der Waals surface area contributed by atoms with Crippen LogP contribution in [0.5, 0.6) is 0 Å². The van der Waals surface area contributed by atoms with Crippen molar-refractivity contribution < 1.29 is 4.92 Å². The first kappa shape index (κ1) is 13.7. The molecule has 1 aromatic carbocycles. The van der Waals surface area contributed by atoms with Gasteiger partial charge in [0.1, 0.15) is 0 Å². The molecule has 0 atom stereocenters. The fourth-order valence-corrected chi connectivity index (χ4v) is 2.78. The minimum absolute atomic E-state index is 0.0910. The summed E-state index contributed by atoms with van der Waals surface area (Å²) in [6.07, 6.45) is 0. The van der Waals surface area contributed by atoms with E-state index in [0.717, 1.165) is 24.6 Å². The van der Waals surface area contributed by atoms with Gasteiger partial charge in [-0.1, -0.05) is 18.2 Å². The highest BCUT2D eigenvalue weighted by Gasteiger charge is 2.14. The Morgan fingerprint density at radius 1 is 1.42 bits per heavy atom. The van der Waals surface area contributed by atoms with Crippen molar-refractivity contribution in [3.05, 3.63) is 39.9 Å². The lowest BCUT2D eigenvalue weighted by atomic mass is 10.2. The van der Waals surface area contributed by atoms with E-state index >= 15 is 0 Å². The summed E-state index contributed by atoms with van der Waals surface area (Å²) in [5, 5.41) is 10.9. The highest BCUT2D eigenvalue weighted by atomic mass is 32.2. The zero-order chi connectivity index (χ0) is 13.7. The first-order valence-electron chi connectivity index (χ1n) is 6.03. The number of benzene rings is 1. The molecular weight excluding hydrogens is 264 g/mol. The van der Waals surface area contributed by atoms with E-state index < -0.39 is 4.92 Å². The maximum absolute atomic E-state index is 10.9. The molecule has 19 heavy (non-hydrogen) atoms. The summed E-state index contributed by atoms with van der Waals surface area (Å²) in [6, 6.07) is 6.61. The average molecular weight is 280 g/mol. The lowest BCUT2D eigenvalue weighted by Crippen LogP contribution is -2.42. The predicted molar refractivity (Wildman–Crippen MR) is 77.3 cm³/mol. The van der Waals surface area contributed by atoms with Crippen LogP contribution in [0.2, 0.25) is 0 Å². The molecule has 1 aromatic rings. The van der Waals surface area contributed by atoms with Gasteiger partial charge in [0, 0.05) is 30.7 Å². The van der Waals surface area contributed by atoms with E-state index in [-0.39, 0.29) is 12.2 Å². The molecule has 0 unspecified atom stereocenters. The van der Waals surface area contributed by atoms with Crippen molar-refractivity contribution in [2.24, 2.45) is 10.7 Å². The van der Waals surface area contributed by atoms with E-state index in [1.165, 1.54) is 6.07 Å². The summed E-state index contributed by atoms with van der Waals surface area (Å²) >= 11 is 1.90. The molecule has 0 radical (unpaired) electrons. The third-order valence-electron chi connectivity index (χ3n) is 2.93. The van der Waals surface area contributed by atoms with Gasteiger partial charge in [-0.3, -0.25) is 10.1 Å². The van der Waals surface area contributed by atoms with Crippen molar-refractivity contribution >= 4 is 23.4 Å². The molecule has 0 spiro atoms. The molecule has 6 nitrogen and oxygen atoms in total. The Bertz CT molecular complexity index is 486. The molecule has 102 valence electrons. The third kappa shape index (κ3) is 3.60. The van der Waals surface area contributed by atoms with E-state index in [0.29, 0.717) is 11.5 Å².